The minimum Gasteiger partial charge on any atom is -0.475 e. The maximum absolute atomic E-state index is 11.0. The summed E-state index contributed by atoms with van der Waals surface area (Å²) >= 11 is 0. The van der Waals surface area contributed by atoms with Crippen molar-refractivity contribution in [1.82, 2.24) is 9.97 Å². The Morgan fingerprint density at radius 2 is 2.11 bits per heavy atom. The molecule has 6 heteroatoms. The van der Waals surface area contributed by atoms with Gasteiger partial charge in [0.2, 0.25) is 11.5 Å². The summed E-state index contributed by atoms with van der Waals surface area (Å²) in [5.41, 5.74) is 7.31. The predicted octanol–water partition coefficient (Wildman–Crippen LogP) is 2.16. The maximum atomic E-state index is 11.0. The van der Waals surface area contributed by atoms with Gasteiger partial charge in [-0.05, 0) is 12.8 Å². The standard InChI is InChI=1S/C12H13N3O3/c13-7-5-18-11-8(7)9(6-3-1-2-4-6)14-10(15-11)12(16)17/h5-6H,1-4,13H2,(H,16,17). The summed E-state index contributed by atoms with van der Waals surface area (Å²) in [4.78, 5) is 19.1. The van der Waals surface area contributed by atoms with Gasteiger partial charge in [0.1, 0.15) is 6.26 Å². The molecule has 3 N–H and O–H groups in total. The highest BCUT2D eigenvalue weighted by atomic mass is 16.4. The number of nitrogens with zero attached hydrogens (tertiary/aromatic N) is 2. The maximum Gasteiger partial charge on any atom is 0.374 e. The van der Waals surface area contributed by atoms with Gasteiger partial charge in [-0.2, -0.15) is 4.98 Å². The number of carboxylic acid groups (broad SMARTS) is 1. The van der Waals surface area contributed by atoms with E-state index >= 15 is 0 Å². The number of hydrogen-bond donors (Lipinski definition) is 2. The molecule has 0 unspecified atom stereocenters. The number of aromatic nitrogens is 2. The Morgan fingerprint density at radius 3 is 2.78 bits per heavy atom. The molecule has 0 bridgehead atoms. The molecule has 1 fully saturated rings. The minimum atomic E-state index is -1.15. The van der Waals surface area contributed by atoms with Crippen LogP contribution in [0.1, 0.15) is 47.9 Å². The second kappa shape index (κ2) is 3.97. The third-order valence-electron chi connectivity index (χ3n) is 3.42. The quantitative estimate of drug-likeness (QED) is 0.843. The number of fused-ring (bicyclic) bond motifs is 1. The van der Waals surface area contributed by atoms with Gasteiger partial charge in [-0.15, -0.1) is 0 Å². The van der Waals surface area contributed by atoms with Crippen LogP contribution in [0.15, 0.2) is 10.7 Å². The number of aromatic carboxylic acids is 1. The van der Waals surface area contributed by atoms with Gasteiger partial charge in [-0.25, -0.2) is 9.78 Å². The lowest BCUT2D eigenvalue weighted by atomic mass is 10.0. The third-order valence-corrected chi connectivity index (χ3v) is 3.42. The van der Waals surface area contributed by atoms with E-state index in [0.717, 1.165) is 31.4 Å². The van der Waals surface area contributed by atoms with Gasteiger partial charge < -0.3 is 15.3 Å². The van der Waals surface area contributed by atoms with E-state index in [1.165, 1.54) is 6.26 Å². The first-order chi connectivity index (χ1) is 8.66. The molecular weight excluding hydrogens is 234 g/mol. The average molecular weight is 247 g/mol. The first-order valence-electron chi connectivity index (χ1n) is 5.94. The van der Waals surface area contributed by atoms with Crippen LogP contribution < -0.4 is 5.73 Å². The van der Waals surface area contributed by atoms with E-state index in [-0.39, 0.29) is 17.5 Å². The number of carboxylic acids is 1. The van der Waals surface area contributed by atoms with Crippen LogP contribution in [0.25, 0.3) is 11.1 Å². The molecule has 2 aromatic heterocycles. The zero-order chi connectivity index (χ0) is 12.7. The highest BCUT2D eigenvalue weighted by Crippen LogP contribution is 2.38. The lowest BCUT2D eigenvalue weighted by Gasteiger charge is -2.10. The van der Waals surface area contributed by atoms with Crippen LogP contribution in [0, 0.1) is 0 Å². The topological polar surface area (TPSA) is 102 Å². The summed E-state index contributed by atoms with van der Waals surface area (Å²) in [6.07, 6.45) is 5.68. The van der Waals surface area contributed by atoms with E-state index in [0.29, 0.717) is 11.1 Å². The molecule has 1 aliphatic carbocycles. The number of carbonyl (C=O) groups is 1. The molecule has 1 aliphatic rings. The number of hydrogen-bond acceptors (Lipinski definition) is 5. The van der Waals surface area contributed by atoms with Gasteiger partial charge in [-0.3, -0.25) is 0 Å². The van der Waals surface area contributed by atoms with Crippen LogP contribution in [0.5, 0.6) is 0 Å². The average Bonchev–Trinajstić information content (AvgIpc) is 2.98. The van der Waals surface area contributed by atoms with E-state index < -0.39 is 5.97 Å². The van der Waals surface area contributed by atoms with Crippen LogP contribution in [0.2, 0.25) is 0 Å². The van der Waals surface area contributed by atoms with Crippen molar-refractivity contribution in [3.05, 3.63) is 17.8 Å². The summed E-state index contributed by atoms with van der Waals surface area (Å²) in [6.45, 7) is 0. The summed E-state index contributed by atoms with van der Waals surface area (Å²) in [6, 6.07) is 0. The Labute approximate surface area is 103 Å². The number of nitrogens with two attached hydrogens (primary N) is 1. The Balaban J connectivity index is 2.24. The molecule has 3 rings (SSSR count). The second-order valence-electron chi connectivity index (χ2n) is 4.59. The monoisotopic (exact) mass is 247 g/mol. The van der Waals surface area contributed by atoms with Crippen molar-refractivity contribution in [2.75, 3.05) is 5.73 Å². The molecule has 18 heavy (non-hydrogen) atoms. The molecule has 0 saturated heterocycles. The fourth-order valence-corrected chi connectivity index (χ4v) is 2.58. The van der Waals surface area contributed by atoms with Crippen molar-refractivity contribution < 1.29 is 14.3 Å². The Hall–Kier alpha value is -2.11. The molecule has 0 aliphatic heterocycles. The number of rotatable bonds is 2. The van der Waals surface area contributed by atoms with Gasteiger partial charge in [0.15, 0.2) is 0 Å². The normalized spacial score (nSPS) is 16.4. The van der Waals surface area contributed by atoms with Crippen molar-refractivity contribution in [1.29, 1.82) is 0 Å². The van der Waals surface area contributed by atoms with Crippen LogP contribution in [0.4, 0.5) is 5.69 Å². The van der Waals surface area contributed by atoms with Gasteiger partial charge in [0.05, 0.1) is 16.8 Å². The first kappa shape index (κ1) is 11.0. The van der Waals surface area contributed by atoms with Crippen molar-refractivity contribution in [3.8, 4) is 0 Å². The molecule has 0 amide bonds. The Kier molecular flexibility index (Phi) is 2.43. The van der Waals surface area contributed by atoms with Crippen molar-refractivity contribution >= 4 is 22.8 Å². The van der Waals surface area contributed by atoms with E-state index in [4.69, 9.17) is 15.3 Å². The fraction of sp³-hybridized carbons (Fsp3) is 0.417. The molecule has 94 valence electrons. The van der Waals surface area contributed by atoms with Crippen LogP contribution in [-0.2, 0) is 0 Å². The van der Waals surface area contributed by atoms with Gasteiger partial charge in [0.25, 0.3) is 0 Å². The van der Waals surface area contributed by atoms with Gasteiger partial charge >= 0.3 is 5.97 Å². The van der Waals surface area contributed by atoms with Crippen LogP contribution >= 0.6 is 0 Å². The first-order valence-corrected chi connectivity index (χ1v) is 5.94. The Morgan fingerprint density at radius 1 is 1.39 bits per heavy atom. The molecule has 0 atom stereocenters. The lowest BCUT2D eigenvalue weighted by molar-refractivity contribution is 0.0683. The van der Waals surface area contributed by atoms with Crippen molar-refractivity contribution in [2.45, 2.75) is 31.6 Å². The zero-order valence-corrected chi connectivity index (χ0v) is 9.72. The molecule has 2 aromatic rings. The molecule has 0 aromatic carbocycles. The predicted molar refractivity (Wildman–Crippen MR) is 64.4 cm³/mol. The van der Waals surface area contributed by atoms with E-state index in [1.807, 2.05) is 0 Å². The minimum absolute atomic E-state index is 0.223. The smallest absolute Gasteiger partial charge is 0.374 e. The molecule has 0 spiro atoms. The molecule has 6 nitrogen and oxygen atoms in total. The van der Waals surface area contributed by atoms with E-state index in [2.05, 4.69) is 9.97 Å². The van der Waals surface area contributed by atoms with Gasteiger partial charge in [0, 0.05) is 5.92 Å². The summed E-state index contributed by atoms with van der Waals surface area (Å²) in [5.74, 6) is -1.11. The van der Waals surface area contributed by atoms with Crippen molar-refractivity contribution in [2.24, 2.45) is 0 Å². The Bertz CT molecular complexity index is 614. The molecule has 0 radical (unpaired) electrons. The highest BCUT2D eigenvalue weighted by molar-refractivity contribution is 5.92. The number of furan rings is 1. The molecular formula is C12H13N3O3. The van der Waals surface area contributed by atoms with Crippen LogP contribution in [-0.4, -0.2) is 21.0 Å². The zero-order valence-electron chi connectivity index (χ0n) is 9.72. The third kappa shape index (κ3) is 1.61. The fourth-order valence-electron chi connectivity index (χ4n) is 2.58. The van der Waals surface area contributed by atoms with E-state index in [1.54, 1.807) is 0 Å². The summed E-state index contributed by atoms with van der Waals surface area (Å²) in [5, 5.41) is 9.69. The lowest BCUT2D eigenvalue weighted by Crippen LogP contribution is -2.09. The summed E-state index contributed by atoms with van der Waals surface area (Å²) in [7, 11) is 0. The number of anilines is 1. The second-order valence-corrected chi connectivity index (χ2v) is 4.59. The largest absolute Gasteiger partial charge is 0.475 e. The highest BCUT2D eigenvalue weighted by Gasteiger charge is 2.25. The van der Waals surface area contributed by atoms with E-state index in [9.17, 15) is 4.79 Å². The van der Waals surface area contributed by atoms with Crippen LogP contribution in [0.3, 0.4) is 0 Å². The van der Waals surface area contributed by atoms with Gasteiger partial charge in [-0.1, -0.05) is 12.8 Å². The SMILES string of the molecule is Nc1coc2nc(C(=O)O)nc(C3CCCC3)c12. The molecule has 2 heterocycles. The molecule has 1 saturated carbocycles. The summed E-state index contributed by atoms with van der Waals surface area (Å²) < 4.78 is 5.20. The van der Waals surface area contributed by atoms with Crippen molar-refractivity contribution in [3.63, 3.8) is 0 Å². The number of nitrogen functional groups attached to an aromatic ring is 1.